The minimum Gasteiger partial charge on any atom is -0.465 e. The first kappa shape index (κ1) is 17.6. The fourth-order valence-corrected chi connectivity index (χ4v) is 2.69. The third kappa shape index (κ3) is 4.03. The maximum atomic E-state index is 12.6. The van der Waals surface area contributed by atoms with Gasteiger partial charge in [0.25, 0.3) is 0 Å². The van der Waals surface area contributed by atoms with Crippen LogP contribution in [-0.2, 0) is 23.9 Å². The lowest BCUT2D eigenvalue weighted by atomic mass is 9.70. The first-order chi connectivity index (χ1) is 9.85. The predicted molar refractivity (Wildman–Crippen MR) is 74.4 cm³/mol. The highest BCUT2D eigenvalue weighted by Gasteiger charge is 2.50. The van der Waals surface area contributed by atoms with Crippen LogP contribution in [-0.4, -0.2) is 41.6 Å². The molecule has 0 radical (unpaired) electrons. The van der Waals surface area contributed by atoms with E-state index in [0.29, 0.717) is 12.8 Å². The van der Waals surface area contributed by atoms with Gasteiger partial charge in [0.1, 0.15) is 11.5 Å². The van der Waals surface area contributed by atoms with Crippen molar-refractivity contribution in [2.75, 3.05) is 6.61 Å². The Hall–Kier alpha value is -1.43. The molecule has 1 rings (SSSR count). The van der Waals surface area contributed by atoms with Crippen LogP contribution in [0, 0.1) is 5.41 Å². The highest BCUT2D eigenvalue weighted by atomic mass is 16.6. The van der Waals surface area contributed by atoms with Gasteiger partial charge in [0.2, 0.25) is 0 Å². The van der Waals surface area contributed by atoms with Crippen LogP contribution < -0.4 is 0 Å². The summed E-state index contributed by atoms with van der Waals surface area (Å²) in [5.41, 5.74) is -1.22. The number of ether oxygens (including phenoxy) is 2. The van der Waals surface area contributed by atoms with Crippen molar-refractivity contribution in [2.45, 2.75) is 65.1 Å². The lowest BCUT2D eigenvalue weighted by molar-refractivity contribution is -0.173. The number of hydrogen-bond donors (Lipinski definition) is 1. The van der Waals surface area contributed by atoms with Crippen LogP contribution in [0.25, 0.3) is 0 Å². The van der Waals surface area contributed by atoms with Crippen molar-refractivity contribution in [3.8, 4) is 0 Å². The first-order valence-electron chi connectivity index (χ1n) is 7.45. The lowest BCUT2D eigenvalue weighted by Crippen LogP contribution is -2.48. The molecule has 2 atom stereocenters. The zero-order chi connectivity index (χ0) is 16.0. The first-order valence-corrected chi connectivity index (χ1v) is 7.45. The molecule has 1 saturated carbocycles. The normalized spacial score (nSPS) is 20.2. The Morgan fingerprint density at radius 2 is 1.71 bits per heavy atom. The molecule has 0 aromatic heterocycles. The number of aliphatic hydroxyl groups excluding tert-OH is 1. The van der Waals surface area contributed by atoms with Crippen LogP contribution in [0.4, 0.5) is 0 Å². The Balaban J connectivity index is 2.89. The third-order valence-corrected chi connectivity index (χ3v) is 3.85. The van der Waals surface area contributed by atoms with Crippen LogP contribution in [0.3, 0.4) is 0 Å². The maximum Gasteiger partial charge on any atom is 0.335 e. The van der Waals surface area contributed by atoms with E-state index >= 15 is 0 Å². The average Bonchev–Trinajstić information content (AvgIpc) is 2.47. The smallest absolute Gasteiger partial charge is 0.335 e. The van der Waals surface area contributed by atoms with Gasteiger partial charge in [0.15, 0.2) is 11.9 Å². The molecule has 6 nitrogen and oxygen atoms in total. The van der Waals surface area contributed by atoms with Crippen LogP contribution >= 0.6 is 0 Å². The summed E-state index contributed by atoms with van der Waals surface area (Å²) in [5, 5.41) is 9.14. The molecule has 0 spiro atoms. The van der Waals surface area contributed by atoms with Crippen molar-refractivity contribution in [1.82, 2.24) is 0 Å². The molecule has 0 unspecified atom stereocenters. The minimum absolute atomic E-state index is 0.204. The number of carbonyl (C=O) groups excluding carboxylic acids is 3. The van der Waals surface area contributed by atoms with E-state index in [0.717, 1.165) is 19.3 Å². The van der Waals surface area contributed by atoms with Crippen molar-refractivity contribution in [3.05, 3.63) is 0 Å². The summed E-state index contributed by atoms with van der Waals surface area (Å²) < 4.78 is 9.99. The fourth-order valence-electron chi connectivity index (χ4n) is 2.69. The van der Waals surface area contributed by atoms with Crippen molar-refractivity contribution in [3.63, 3.8) is 0 Å². The average molecular weight is 300 g/mol. The zero-order valence-electron chi connectivity index (χ0n) is 12.9. The molecule has 0 aliphatic heterocycles. The van der Waals surface area contributed by atoms with E-state index in [-0.39, 0.29) is 6.61 Å². The molecule has 0 saturated heterocycles. The summed E-state index contributed by atoms with van der Waals surface area (Å²) in [4.78, 5) is 36.3. The van der Waals surface area contributed by atoms with Gasteiger partial charge >= 0.3 is 11.9 Å². The van der Waals surface area contributed by atoms with Gasteiger partial charge in [-0.25, -0.2) is 4.79 Å². The summed E-state index contributed by atoms with van der Waals surface area (Å²) >= 11 is 0. The second-order valence-corrected chi connectivity index (χ2v) is 5.48. The van der Waals surface area contributed by atoms with Crippen LogP contribution in [0.15, 0.2) is 0 Å². The Labute approximate surface area is 124 Å². The van der Waals surface area contributed by atoms with Gasteiger partial charge < -0.3 is 14.6 Å². The number of Topliss-reactive ketones (excluding diaryl/α,β-unsaturated/α-hetero) is 1. The van der Waals surface area contributed by atoms with E-state index in [2.05, 4.69) is 0 Å². The van der Waals surface area contributed by atoms with Gasteiger partial charge in [-0.3, -0.25) is 9.59 Å². The molecule has 0 aromatic carbocycles. The standard InChI is InChI=1S/C15H24O6/c1-4-20-14(19)15(8-6-5-7-9-15)12(17)11(3)21-13(18)10(2)16/h10-11,16H,4-9H2,1-3H3/t10-,11-/m0/s1. The Morgan fingerprint density at radius 1 is 1.14 bits per heavy atom. The Bertz CT molecular complexity index is 395. The quantitative estimate of drug-likeness (QED) is 0.589. The summed E-state index contributed by atoms with van der Waals surface area (Å²) in [5.74, 6) is -1.84. The second kappa shape index (κ2) is 7.54. The van der Waals surface area contributed by atoms with Crippen LogP contribution in [0.2, 0.25) is 0 Å². The van der Waals surface area contributed by atoms with Crippen LogP contribution in [0.5, 0.6) is 0 Å². The van der Waals surface area contributed by atoms with E-state index in [9.17, 15) is 14.4 Å². The number of rotatable bonds is 6. The molecular weight excluding hydrogens is 276 g/mol. The molecule has 120 valence electrons. The molecule has 21 heavy (non-hydrogen) atoms. The van der Waals surface area contributed by atoms with Crippen molar-refractivity contribution in [1.29, 1.82) is 0 Å². The lowest BCUT2D eigenvalue weighted by Gasteiger charge is -2.34. The van der Waals surface area contributed by atoms with E-state index < -0.39 is 35.3 Å². The maximum absolute atomic E-state index is 12.6. The SMILES string of the molecule is CCOC(=O)C1(C(=O)[C@H](C)OC(=O)[C@H](C)O)CCCCC1. The Kier molecular flexibility index (Phi) is 6.33. The zero-order valence-corrected chi connectivity index (χ0v) is 12.9. The summed E-state index contributed by atoms with van der Waals surface area (Å²) in [6.07, 6.45) is 0.960. The van der Waals surface area contributed by atoms with Gasteiger partial charge in [-0.1, -0.05) is 19.3 Å². The van der Waals surface area contributed by atoms with Crippen molar-refractivity contribution in [2.24, 2.45) is 5.41 Å². The molecule has 1 aliphatic rings. The molecule has 0 bridgehead atoms. The van der Waals surface area contributed by atoms with Crippen molar-refractivity contribution >= 4 is 17.7 Å². The third-order valence-electron chi connectivity index (χ3n) is 3.85. The largest absolute Gasteiger partial charge is 0.465 e. The number of carbonyl (C=O) groups is 3. The highest BCUT2D eigenvalue weighted by Crippen LogP contribution is 2.39. The number of hydrogen-bond acceptors (Lipinski definition) is 6. The summed E-state index contributed by atoms with van der Waals surface area (Å²) in [6, 6.07) is 0. The molecule has 6 heteroatoms. The van der Waals surface area contributed by atoms with E-state index in [1.165, 1.54) is 13.8 Å². The van der Waals surface area contributed by atoms with E-state index in [4.69, 9.17) is 14.6 Å². The van der Waals surface area contributed by atoms with Gasteiger partial charge in [0, 0.05) is 0 Å². The molecule has 0 amide bonds. The van der Waals surface area contributed by atoms with Gasteiger partial charge in [-0.15, -0.1) is 0 Å². The summed E-state index contributed by atoms with van der Waals surface area (Å²) in [6.45, 7) is 4.59. The highest BCUT2D eigenvalue weighted by molar-refractivity contribution is 6.06. The monoisotopic (exact) mass is 300 g/mol. The number of ketones is 1. The molecule has 1 fully saturated rings. The van der Waals surface area contributed by atoms with Gasteiger partial charge in [-0.2, -0.15) is 0 Å². The molecule has 1 aliphatic carbocycles. The van der Waals surface area contributed by atoms with Crippen LogP contribution in [0.1, 0.15) is 52.9 Å². The number of aliphatic hydroxyl groups is 1. The predicted octanol–water partition coefficient (Wildman–Crippen LogP) is 1.38. The molecule has 0 aromatic rings. The van der Waals surface area contributed by atoms with Gasteiger partial charge in [0.05, 0.1) is 6.61 Å². The van der Waals surface area contributed by atoms with Crippen molar-refractivity contribution < 1.29 is 29.0 Å². The van der Waals surface area contributed by atoms with E-state index in [1.54, 1.807) is 6.92 Å². The summed E-state index contributed by atoms with van der Waals surface area (Å²) in [7, 11) is 0. The molecule has 1 N–H and O–H groups in total. The Morgan fingerprint density at radius 3 is 2.19 bits per heavy atom. The molecule has 0 heterocycles. The topological polar surface area (TPSA) is 89.9 Å². The van der Waals surface area contributed by atoms with Gasteiger partial charge in [-0.05, 0) is 33.6 Å². The minimum atomic E-state index is -1.30. The fraction of sp³-hybridized carbons (Fsp3) is 0.800. The molecular formula is C15H24O6. The van der Waals surface area contributed by atoms with E-state index in [1.807, 2.05) is 0 Å². The number of esters is 2. The second-order valence-electron chi connectivity index (χ2n) is 5.48.